The average Bonchev–Trinajstić information content (AvgIpc) is 2.66. The van der Waals surface area contributed by atoms with Crippen LogP contribution in [0.2, 0.25) is 0 Å². The monoisotopic (exact) mass is 285 g/mol. The van der Waals surface area contributed by atoms with Crippen LogP contribution in [0.15, 0.2) is 16.9 Å². The van der Waals surface area contributed by atoms with Gasteiger partial charge < -0.3 is 15.7 Å². The van der Waals surface area contributed by atoms with E-state index in [9.17, 15) is 5.11 Å². The van der Waals surface area contributed by atoms with Gasteiger partial charge in [0.05, 0.1) is 28.1 Å². The summed E-state index contributed by atoms with van der Waals surface area (Å²) in [5.41, 5.74) is 7.61. The lowest BCUT2D eigenvalue weighted by Crippen LogP contribution is -2.25. The molecule has 1 aliphatic heterocycles. The van der Waals surface area contributed by atoms with Crippen molar-refractivity contribution in [3.8, 4) is 0 Å². The largest absolute Gasteiger partial charge is 0.396 e. The van der Waals surface area contributed by atoms with Crippen molar-refractivity contribution in [3.05, 3.63) is 16.9 Å². The number of hydrogen-bond donors (Lipinski definition) is 2. The van der Waals surface area contributed by atoms with Crippen LogP contribution < -0.4 is 10.6 Å². The highest BCUT2D eigenvalue weighted by Crippen LogP contribution is 2.35. The van der Waals surface area contributed by atoms with E-state index in [-0.39, 0.29) is 6.10 Å². The van der Waals surface area contributed by atoms with Gasteiger partial charge in [0.25, 0.3) is 0 Å². The van der Waals surface area contributed by atoms with Gasteiger partial charge in [0.15, 0.2) is 0 Å². The molecule has 0 amide bonds. The highest BCUT2D eigenvalue weighted by Gasteiger charge is 2.28. The molecule has 2 unspecified atom stereocenters. The van der Waals surface area contributed by atoms with Gasteiger partial charge in [-0.15, -0.1) is 0 Å². The number of aromatic nitrogens is 1. The predicted molar refractivity (Wildman–Crippen MR) is 68.4 cm³/mol. The third-order valence-corrected chi connectivity index (χ3v) is 3.70. The van der Waals surface area contributed by atoms with E-state index in [4.69, 9.17) is 5.73 Å². The van der Waals surface area contributed by atoms with Crippen molar-refractivity contribution in [1.82, 2.24) is 4.98 Å². The summed E-state index contributed by atoms with van der Waals surface area (Å²) < 4.78 is 0.916. The Morgan fingerprint density at radius 3 is 2.94 bits per heavy atom. The van der Waals surface area contributed by atoms with E-state index in [0.717, 1.165) is 29.7 Å². The lowest BCUT2D eigenvalue weighted by Gasteiger charge is -2.22. The van der Waals surface area contributed by atoms with E-state index < -0.39 is 0 Å². The molecule has 2 heterocycles. The van der Waals surface area contributed by atoms with Crippen LogP contribution >= 0.6 is 15.9 Å². The fraction of sp³-hybridized carbons (Fsp3) is 0.545. The van der Waals surface area contributed by atoms with Crippen LogP contribution in [0.5, 0.6) is 0 Å². The minimum Gasteiger partial charge on any atom is -0.396 e. The van der Waals surface area contributed by atoms with Gasteiger partial charge in [0.2, 0.25) is 0 Å². The van der Waals surface area contributed by atoms with Crippen molar-refractivity contribution in [2.45, 2.75) is 19.4 Å². The Bertz CT molecular complexity index is 363. The first-order valence-electron chi connectivity index (χ1n) is 5.41. The molecule has 0 saturated carbocycles. The third-order valence-electron chi connectivity index (χ3n) is 3.12. The number of nitrogens with zero attached hydrogens (tertiary/aromatic N) is 2. The molecule has 4 nitrogen and oxygen atoms in total. The van der Waals surface area contributed by atoms with Gasteiger partial charge in [-0.1, -0.05) is 0 Å². The number of anilines is 2. The summed E-state index contributed by atoms with van der Waals surface area (Å²) in [7, 11) is 0. The molecular weight excluding hydrogens is 270 g/mol. The zero-order valence-corrected chi connectivity index (χ0v) is 10.8. The van der Waals surface area contributed by atoms with Crippen LogP contribution in [0.25, 0.3) is 0 Å². The number of nitrogen functional groups attached to an aromatic ring is 1. The average molecular weight is 286 g/mol. The summed E-state index contributed by atoms with van der Waals surface area (Å²) in [6, 6.07) is 0. The third kappa shape index (κ3) is 2.15. The number of halogens is 1. The van der Waals surface area contributed by atoms with Gasteiger partial charge in [-0.3, -0.25) is 4.98 Å². The van der Waals surface area contributed by atoms with Crippen LogP contribution in [-0.2, 0) is 0 Å². The van der Waals surface area contributed by atoms with Crippen LogP contribution in [0.1, 0.15) is 13.3 Å². The summed E-state index contributed by atoms with van der Waals surface area (Å²) in [5, 5.41) is 9.57. The summed E-state index contributed by atoms with van der Waals surface area (Å²) in [6.45, 7) is 3.63. The molecule has 0 spiro atoms. The Morgan fingerprint density at radius 1 is 1.62 bits per heavy atom. The van der Waals surface area contributed by atoms with Crippen molar-refractivity contribution in [3.63, 3.8) is 0 Å². The molecule has 0 radical (unpaired) electrons. The van der Waals surface area contributed by atoms with Crippen molar-refractivity contribution in [1.29, 1.82) is 0 Å². The number of aliphatic hydroxyl groups excluding tert-OH is 1. The summed E-state index contributed by atoms with van der Waals surface area (Å²) in [6.07, 6.45) is 4.16. The molecule has 0 aromatic carbocycles. The second-order valence-corrected chi connectivity index (χ2v) is 5.15. The molecule has 0 bridgehead atoms. The molecule has 16 heavy (non-hydrogen) atoms. The zero-order chi connectivity index (χ0) is 11.7. The molecule has 0 aliphatic carbocycles. The number of aliphatic hydroxyl groups is 1. The first kappa shape index (κ1) is 11.7. The standard InChI is InChI=1S/C11H16BrN3O/c1-7(16)8-2-3-15(6-8)11-9(12)4-14-5-10(11)13/h4-5,7-8,16H,2-3,6,13H2,1H3. The van der Waals surface area contributed by atoms with Crippen molar-refractivity contribution < 1.29 is 5.11 Å². The van der Waals surface area contributed by atoms with E-state index in [1.165, 1.54) is 0 Å². The van der Waals surface area contributed by atoms with Crippen molar-refractivity contribution in [2.75, 3.05) is 23.7 Å². The maximum atomic E-state index is 9.57. The highest BCUT2D eigenvalue weighted by molar-refractivity contribution is 9.10. The van der Waals surface area contributed by atoms with Gasteiger partial charge in [0.1, 0.15) is 0 Å². The Hall–Kier alpha value is -0.810. The fourth-order valence-electron chi connectivity index (χ4n) is 2.16. The number of hydrogen-bond acceptors (Lipinski definition) is 4. The van der Waals surface area contributed by atoms with E-state index in [1.807, 2.05) is 6.92 Å². The topological polar surface area (TPSA) is 62.4 Å². The summed E-state index contributed by atoms with van der Waals surface area (Å²) >= 11 is 3.47. The number of nitrogens with two attached hydrogens (primary N) is 1. The summed E-state index contributed by atoms with van der Waals surface area (Å²) in [5.74, 6) is 0.333. The van der Waals surface area contributed by atoms with Crippen LogP contribution in [0.4, 0.5) is 11.4 Å². The fourth-order valence-corrected chi connectivity index (χ4v) is 2.76. The molecule has 1 aromatic heterocycles. The second kappa shape index (κ2) is 4.59. The first-order chi connectivity index (χ1) is 7.59. The predicted octanol–water partition coefficient (Wildman–Crippen LogP) is 1.63. The maximum absolute atomic E-state index is 9.57. The van der Waals surface area contributed by atoms with E-state index >= 15 is 0 Å². The minimum atomic E-state index is -0.258. The first-order valence-corrected chi connectivity index (χ1v) is 6.21. The Kier molecular flexibility index (Phi) is 3.35. The van der Waals surface area contributed by atoms with Gasteiger partial charge in [0, 0.05) is 25.2 Å². The van der Waals surface area contributed by atoms with Crippen LogP contribution in [0, 0.1) is 5.92 Å². The molecule has 1 aromatic rings. The summed E-state index contributed by atoms with van der Waals surface area (Å²) in [4.78, 5) is 6.23. The Morgan fingerprint density at radius 2 is 2.38 bits per heavy atom. The zero-order valence-electron chi connectivity index (χ0n) is 9.23. The lowest BCUT2D eigenvalue weighted by atomic mass is 10.0. The van der Waals surface area contributed by atoms with Crippen molar-refractivity contribution >= 4 is 27.3 Å². The maximum Gasteiger partial charge on any atom is 0.0776 e. The molecule has 3 N–H and O–H groups in total. The second-order valence-electron chi connectivity index (χ2n) is 4.29. The molecule has 1 fully saturated rings. The smallest absolute Gasteiger partial charge is 0.0776 e. The molecular formula is C11H16BrN3O. The SMILES string of the molecule is CC(O)C1CCN(c2c(N)cncc2Br)C1. The molecule has 5 heteroatoms. The lowest BCUT2D eigenvalue weighted by molar-refractivity contribution is 0.136. The Labute approximate surface area is 104 Å². The molecule has 2 atom stereocenters. The van der Waals surface area contributed by atoms with E-state index in [1.54, 1.807) is 12.4 Å². The van der Waals surface area contributed by atoms with Gasteiger partial charge in [-0.25, -0.2) is 0 Å². The van der Waals surface area contributed by atoms with Crippen LogP contribution in [0.3, 0.4) is 0 Å². The molecule has 2 rings (SSSR count). The minimum absolute atomic E-state index is 0.258. The van der Waals surface area contributed by atoms with E-state index in [0.29, 0.717) is 11.6 Å². The van der Waals surface area contributed by atoms with Crippen molar-refractivity contribution in [2.24, 2.45) is 5.92 Å². The Balaban J connectivity index is 2.20. The normalized spacial score (nSPS) is 22.4. The number of rotatable bonds is 2. The number of pyridine rings is 1. The molecule has 1 saturated heterocycles. The quantitative estimate of drug-likeness (QED) is 0.867. The molecule has 88 valence electrons. The van der Waals surface area contributed by atoms with Crippen LogP contribution in [-0.4, -0.2) is 29.3 Å². The molecule has 1 aliphatic rings. The van der Waals surface area contributed by atoms with E-state index in [2.05, 4.69) is 25.8 Å². The van der Waals surface area contributed by atoms with Gasteiger partial charge >= 0.3 is 0 Å². The van der Waals surface area contributed by atoms with Gasteiger partial charge in [-0.05, 0) is 29.3 Å². The highest BCUT2D eigenvalue weighted by atomic mass is 79.9. The van der Waals surface area contributed by atoms with Gasteiger partial charge in [-0.2, -0.15) is 0 Å².